The fraction of sp³-hybridized carbons (Fsp3) is 0.600. The second-order valence-corrected chi connectivity index (χ2v) is 8.15. The van der Waals surface area contributed by atoms with Crippen molar-refractivity contribution in [2.24, 2.45) is 11.1 Å². The van der Waals surface area contributed by atoms with Gasteiger partial charge in [0.05, 0.1) is 0 Å². The lowest BCUT2D eigenvalue weighted by Crippen LogP contribution is -2.52. The van der Waals surface area contributed by atoms with Crippen molar-refractivity contribution in [3.63, 3.8) is 0 Å². The van der Waals surface area contributed by atoms with E-state index in [0.29, 0.717) is 12.8 Å². The van der Waals surface area contributed by atoms with Gasteiger partial charge < -0.3 is 20.9 Å². The Morgan fingerprint density at radius 3 is 2.62 bits per heavy atom. The Bertz CT molecular complexity index is 656. The van der Waals surface area contributed by atoms with E-state index in [4.69, 9.17) is 5.73 Å². The number of carbonyl (C=O) groups is 2. The molecule has 0 spiro atoms. The average Bonchev–Trinajstić information content (AvgIpc) is 3.02. The first-order chi connectivity index (χ1) is 12.3. The summed E-state index contributed by atoms with van der Waals surface area (Å²) < 4.78 is 0. The van der Waals surface area contributed by atoms with Crippen molar-refractivity contribution < 1.29 is 9.59 Å². The minimum Gasteiger partial charge on any atom is -0.327 e. The Balaban J connectivity index is 1.47. The third-order valence-electron chi connectivity index (χ3n) is 5.58. The van der Waals surface area contributed by atoms with Crippen LogP contribution in [0.3, 0.4) is 0 Å². The normalized spacial score (nSPS) is 23.3. The molecule has 2 heterocycles. The maximum Gasteiger partial charge on any atom is 0.227 e. The molecule has 0 aromatic heterocycles. The van der Waals surface area contributed by atoms with Crippen LogP contribution in [0, 0.1) is 5.41 Å². The van der Waals surface area contributed by atoms with Gasteiger partial charge in [-0.1, -0.05) is 13.8 Å². The summed E-state index contributed by atoms with van der Waals surface area (Å²) in [4.78, 5) is 28.2. The lowest BCUT2D eigenvalue weighted by Gasteiger charge is -2.42. The molecule has 2 amide bonds. The molecule has 2 fully saturated rings. The fourth-order valence-electron chi connectivity index (χ4n) is 3.80. The number of rotatable bonds is 5. The molecule has 2 aliphatic rings. The molecule has 0 saturated carbocycles. The molecule has 2 saturated heterocycles. The van der Waals surface area contributed by atoms with Gasteiger partial charge in [0.2, 0.25) is 11.8 Å². The molecular formula is C20H30N4O2. The van der Waals surface area contributed by atoms with E-state index in [2.05, 4.69) is 24.1 Å². The van der Waals surface area contributed by atoms with Crippen molar-refractivity contribution in [3.05, 3.63) is 24.3 Å². The number of likely N-dealkylation sites (tertiary alicyclic amines) is 1. The van der Waals surface area contributed by atoms with Crippen LogP contribution in [0.2, 0.25) is 0 Å². The molecule has 1 atom stereocenters. The number of benzene rings is 1. The van der Waals surface area contributed by atoms with Crippen molar-refractivity contribution in [3.8, 4) is 0 Å². The third-order valence-corrected chi connectivity index (χ3v) is 5.58. The number of amides is 2. The Morgan fingerprint density at radius 1 is 1.27 bits per heavy atom. The van der Waals surface area contributed by atoms with Crippen LogP contribution in [-0.2, 0) is 9.59 Å². The van der Waals surface area contributed by atoms with Crippen LogP contribution in [0.1, 0.15) is 39.5 Å². The molecule has 2 aliphatic heterocycles. The largest absolute Gasteiger partial charge is 0.327 e. The van der Waals surface area contributed by atoms with Gasteiger partial charge in [-0.05, 0) is 49.1 Å². The standard InChI is InChI=1S/C20H30N4O2/c1-20(2)14-23(12-9-17(20)21)13-10-18(25)22-15-5-7-16(8-6-15)24-11-3-4-19(24)26/h5-8,17H,3-4,9-14,21H2,1-2H3,(H,22,25). The summed E-state index contributed by atoms with van der Waals surface area (Å²) >= 11 is 0. The molecule has 0 bridgehead atoms. The van der Waals surface area contributed by atoms with Gasteiger partial charge in [0.25, 0.3) is 0 Å². The number of hydrogen-bond donors (Lipinski definition) is 2. The van der Waals surface area contributed by atoms with Gasteiger partial charge in [-0.2, -0.15) is 0 Å². The van der Waals surface area contributed by atoms with E-state index in [1.165, 1.54) is 0 Å². The van der Waals surface area contributed by atoms with Crippen LogP contribution in [0.5, 0.6) is 0 Å². The van der Waals surface area contributed by atoms with Gasteiger partial charge in [-0.3, -0.25) is 9.59 Å². The topological polar surface area (TPSA) is 78.7 Å². The van der Waals surface area contributed by atoms with E-state index in [1.54, 1.807) is 4.90 Å². The minimum absolute atomic E-state index is 0.0164. The smallest absolute Gasteiger partial charge is 0.227 e. The molecule has 3 rings (SSSR count). The van der Waals surface area contributed by atoms with Crippen LogP contribution in [0.25, 0.3) is 0 Å². The number of nitrogens with one attached hydrogen (secondary N) is 1. The summed E-state index contributed by atoms with van der Waals surface area (Å²) in [6.45, 7) is 7.80. The molecular weight excluding hydrogens is 328 g/mol. The van der Waals surface area contributed by atoms with E-state index < -0.39 is 0 Å². The molecule has 6 nitrogen and oxygen atoms in total. The second-order valence-electron chi connectivity index (χ2n) is 8.15. The fourth-order valence-corrected chi connectivity index (χ4v) is 3.80. The van der Waals surface area contributed by atoms with Gasteiger partial charge in [-0.25, -0.2) is 0 Å². The molecule has 1 unspecified atom stereocenters. The molecule has 1 aromatic rings. The number of hydrogen-bond acceptors (Lipinski definition) is 4. The molecule has 142 valence electrons. The summed E-state index contributed by atoms with van der Waals surface area (Å²) in [6.07, 6.45) is 2.98. The van der Waals surface area contributed by atoms with Gasteiger partial charge in [0.1, 0.15) is 0 Å². The van der Waals surface area contributed by atoms with Gasteiger partial charge in [0.15, 0.2) is 0 Å². The Kier molecular flexibility index (Phi) is 5.63. The number of carbonyl (C=O) groups excluding carboxylic acids is 2. The van der Waals surface area contributed by atoms with Crippen LogP contribution >= 0.6 is 0 Å². The Labute approximate surface area is 155 Å². The summed E-state index contributed by atoms with van der Waals surface area (Å²) in [7, 11) is 0. The third kappa shape index (κ3) is 4.43. The monoisotopic (exact) mass is 358 g/mol. The SMILES string of the molecule is CC1(C)CN(CCC(=O)Nc2ccc(N3CCCC3=O)cc2)CCC1N. The van der Waals surface area contributed by atoms with E-state index in [1.807, 2.05) is 24.3 Å². The van der Waals surface area contributed by atoms with Crippen molar-refractivity contribution in [1.29, 1.82) is 0 Å². The van der Waals surface area contributed by atoms with E-state index in [-0.39, 0.29) is 23.3 Å². The summed E-state index contributed by atoms with van der Waals surface area (Å²) in [5, 5.41) is 2.95. The second kappa shape index (κ2) is 7.76. The van der Waals surface area contributed by atoms with Crippen LogP contribution < -0.4 is 16.0 Å². The average molecular weight is 358 g/mol. The van der Waals surface area contributed by atoms with Crippen molar-refractivity contribution in [1.82, 2.24) is 4.90 Å². The maximum atomic E-state index is 12.2. The molecule has 3 N–H and O–H groups in total. The zero-order valence-electron chi connectivity index (χ0n) is 15.8. The van der Waals surface area contributed by atoms with E-state index in [9.17, 15) is 9.59 Å². The predicted octanol–water partition coefficient (Wildman–Crippen LogP) is 2.20. The Hall–Kier alpha value is -1.92. The first-order valence-electron chi connectivity index (χ1n) is 9.53. The van der Waals surface area contributed by atoms with Crippen molar-refractivity contribution in [2.75, 3.05) is 36.4 Å². The number of anilines is 2. The van der Waals surface area contributed by atoms with E-state index in [0.717, 1.165) is 50.4 Å². The lowest BCUT2D eigenvalue weighted by atomic mass is 9.80. The van der Waals surface area contributed by atoms with Crippen LogP contribution in [0.15, 0.2) is 24.3 Å². The lowest BCUT2D eigenvalue weighted by molar-refractivity contribution is -0.117. The zero-order valence-corrected chi connectivity index (χ0v) is 15.8. The first-order valence-corrected chi connectivity index (χ1v) is 9.53. The molecule has 6 heteroatoms. The van der Waals surface area contributed by atoms with Crippen molar-refractivity contribution >= 4 is 23.2 Å². The summed E-state index contributed by atoms with van der Waals surface area (Å²) in [5.41, 5.74) is 7.93. The predicted molar refractivity (Wildman–Crippen MR) is 104 cm³/mol. The van der Waals surface area contributed by atoms with Gasteiger partial charge in [0, 0.05) is 49.9 Å². The van der Waals surface area contributed by atoms with Crippen LogP contribution in [0.4, 0.5) is 11.4 Å². The first kappa shape index (κ1) is 18.9. The summed E-state index contributed by atoms with van der Waals surface area (Å²) in [5.74, 6) is 0.189. The van der Waals surface area contributed by atoms with E-state index >= 15 is 0 Å². The van der Waals surface area contributed by atoms with Crippen molar-refractivity contribution in [2.45, 2.75) is 45.6 Å². The number of piperidine rings is 1. The molecule has 0 aliphatic carbocycles. The summed E-state index contributed by atoms with van der Waals surface area (Å²) in [6, 6.07) is 7.75. The van der Waals surface area contributed by atoms with Crippen LogP contribution in [-0.4, -0.2) is 48.9 Å². The molecule has 26 heavy (non-hydrogen) atoms. The highest BCUT2D eigenvalue weighted by molar-refractivity contribution is 5.96. The molecule has 1 aromatic carbocycles. The highest BCUT2D eigenvalue weighted by Crippen LogP contribution is 2.27. The van der Waals surface area contributed by atoms with Gasteiger partial charge >= 0.3 is 0 Å². The zero-order chi connectivity index (χ0) is 18.7. The minimum atomic E-state index is 0.0164. The Morgan fingerprint density at radius 2 is 2.00 bits per heavy atom. The number of nitrogens with zero attached hydrogens (tertiary/aromatic N) is 2. The highest BCUT2D eigenvalue weighted by atomic mass is 16.2. The molecule has 0 radical (unpaired) electrons. The van der Waals surface area contributed by atoms with Gasteiger partial charge in [-0.15, -0.1) is 0 Å². The highest BCUT2D eigenvalue weighted by Gasteiger charge is 2.33. The quantitative estimate of drug-likeness (QED) is 0.846. The number of nitrogens with two attached hydrogens (primary N) is 1. The maximum absolute atomic E-state index is 12.2.